The SMILES string of the molecule is CCn1c(SCC(=O)Nc2sc3c(c2C(N)=O)CCCC3)nnc1-c1ccc(OC)cc1. The third-order valence-corrected chi connectivity index (χ3v) is 7.56. The number of thioether (sulfide) groups is 1. The molecule has 0 fully saturated rings. The molecule has 2 heterocycles. The van der Waals surface area contributed by atoms with Gasteiger partial charge in [-0.2, -0.15) is 0 Å². The lowest BCUT2D eigenvalue weighted by Gasteiger charge is -2.11. The molecule has 0 spiro atoms. The minimum Gasteiger partial charge on any atom is -0.497 e. The maximum absolute atomic E-state index is 12.7. The van der Waals surface area contributed by atoms with Crippen molar-refractivity contribution in [2.45, 2.75) is 44.3 Å². The number of fused-ring (bicyclic) bond motifs is 1. The van der Waals surface area contributed by atoms with Gasteiger partial charge in [-0.3, -0.25) is 9.59 Å². The van der Waals surface area contributed by atoms with Crippen LogP contribution in [0.4, 0.5) is 5.00 Å². The van der Waals surface area contributed by atoms with E-state index in [1.54, 1.807) is 7.11 Å². The first kappa shape index (κ1) is 22.3. The van der Waals surface area contributed by atoms with Gasteiger partial charge in [0.25, 0.3) is 5.91 Å². The Morgan fingerprint density at radius 2 is 1.97 bits per heavy atom. The van der Waals surface area contributed by atoms with Crippen molar-refractivity contribution in [1.29, 1.82) is 0 Å². The van der Waals surface area contributed by atoms with Gasteiger partial charge in [0.15, 0.2) is 11.0 Å². The Morgan fingerprint density at radius 1 is 1.22 bits per heavy atom. The van der Waals surface area contributed by atoms with E-state index in [9.17, 15) is 9.59 Å². The lowest BCUT2D eigenvalue weighted by molar-refractivity contribution is -0.113. The molecular formula is C22H25N5O3S2. The van der Waals surface area contributed by atoms with E-state index in [1.165, 1.54) is 23.1 Å². The zero-order valence-electron chi connectivity index (χ0n) is 18.0. The molecule has 0 saturated carbocycles. The Balaban J connectivity index is 1.46. The van der Waals surface area contributed by atoms with E-state index in [1.807, 2.05) is 35.8 Å². The number of hydrogen-bond donors (Lipinski definition) is 2. The maximum atomic E-state index is 12.7. The molecule has 0 radical (unpaired) electrons. The number of carbonyl (C=O) groups excluding carboxylic acids is 2. The molecule has 2 aromatic heterocycles. The quantitative estimate of drug-likeness (QED) is 0.484. The number of nitrogens with one attached hydrogen (secondary N) is 1. The van der Waals surface area contributed by atoms with E-state index < -0.39 is 5.91 Å². The molecule has 10 heteroatoms. The van der Waals surface area contributed by atoms with Gasteiger partial charge in [-0.25, -0.2) is 0 Å². The smallest absolute Gasteiger partial charge is 0.251 e. The highest BCUT2D eigenvalue weighted by Crippen LogP contribution is 2.38. The molecule has 0 aliphatic heterocycles. The number of carbonyl (C=O) groups is 2. The van der Waals surface area contributed by atoms with Crippen molar-refractivity contribution < 1.29 is 14.3 Å². The lowest BCUT2D eigenvalue weighted by Crippen LogP contribution is -2.19. The molecule has 0 saturated heterocycles. The summed E-state index contributed by atoms with van der Waals surface area (Å²) < 4.78 is 7.18. The predicted octanol–water partition coefficient (Wildman–Crippen LogP) is 3.74. The average Bonchev–Trinajstić information content (AvgIpc) is 3.38. The Bertz CT molecular complexity index is 1140. The molecule has 1 aliphatic carbocycles. The first-order valence-electron chi connectivity index (χ1n) is 10.5. The van der Waals surface area contributed by atoms with Crippen LogP contribution in [0.3, 0.4) is 0 Å². The molecule has 3 aromatic rings. The molecule has 3 N–H and O–H groups in total. The van der Waals surface area contributed by atoms with Crippen LogP contribution in [0.25, 0.3) is 11.4 Å². The van der Waals surface area contributed by atoms with Crippen molar-refractivity contribution in [3.63, 3.8) is 0 Å². The maximum Gasteiger partial charge on any atom is 0.251 e. The van der Waals surface area contributed by atoms with Crippen molar-refractivity contribution in [1.82, 2.24) is 14.8 Å². The van der Waals surface area contributed by atoms with Crippen LogP contribution in [0.1, 0.15) is 40.6 Å². The van der Waals surface area contributed by atoms with Crippen LogP contribution in [0.5, 0.6) is 5.75 Å². The fourth-order valence-electron chi connectivity index (χ4n) is 3.84. The predicted molar refractivity (Wildman–Crippen MR) is 127 cm³/mol. The third kappa shape index (κ3) is 4.51. The fourth-order valence-corrected chi connectivity index (χ4v) is 5.95. The van der Waals surface area contributed by atoms with E-state index in [-0.39, 0.29) is 11.7 Å². The van der Waals surface area contributed by atoms with Crippen LogP contribution in [0, 0.1) is 0 Å². The molecule has 2 amide bonds. The van der Waals surface area contributed by atoms with Crippen molar-refractivity contribution in [2.75, 3.05) is 18.2 Å². The van der Waals surface area contributed by atoms with Gasteiger partial charge in [0.2, 0.25) is 5.91 Å². The molecule has 168 valence electrons. The monoisotopic (exact) mass is 471 g/mol. The first-order valence-corrected chi connectivity index (χ1v) is 12.3. The highest BCUT2D eigenvalue weighted by atomic mass is 32.2. The summed E-state index contributed by atoms with van der Waals surface area (Å²) in [6.07, 6.45) is 3.90. The molecule has 8 nitrogen and oxygen atoms in total. The Kier molecular flexibility index (Phi) is 6.80. The Hall–Kier alpha value is -2.85. The van der Waals surface area contributed by atoms with Gasteiger partial charge in [-0.05, 0) is 62.4 Å². The van der Waals surface area contributed by atoms with Crippen molar-refractivity contribution >= 4 is 39.9 Å². The summed E-state index contributed by atoms with van der Waals surface area (Å²) in [5, 5.41) is 12.7. The average molecular weight is 472 g/mol. The van der Waals surface area contributed by atoms with Gasteiger partial charge in [-0.1, -0.05) is 11.8 Å². The highest BCUT2D eigenvalue weighted by molar-refractivity contribution is 7.99. The molecular weight excluding hydrogens is 446 g/mol. The number of anilines is 1. The zero-order valence-corrected chi connectivity index (χ0v) is 19.6. The third-order valence-electron chi connectivity index (χ3n) is 5.38. The number of nitrogens with two attached hydrogens (primary N) is 1. The molecule has 4 rings (SSSR count). The van der Waals surface area contributed by atoms with E-state index in [0.29, 0.717) is 22.3 Å². The number of amides is 2. The second kappa shape index (κ2) is 9.74. The Labute approximate surface area is 194 Å². The minimum absolute atomic E-state index is 0.154. The fraction of sp³-hybridized carbons (Fsp3) is 0.364. The number of hydrogen-bond acceptors (Lipinski definition) is 7. The van der Waals surface area contributed by atoms with Gasteiger partial charge < -0.3 is 20.4 Å². The number of thiophene rings is 1. The van der Waals surface area contributed by atoms with E-state index in [0.717, 1.165) is 53.3 Å². The molecule has 32 heavy (non-hydrogen) atoms. The zero-order chi connectivity index (χ0) is 22.7. The number of aryl methyl sites for hydroxylation is 1. The lowest BCUT2D eigenvalue weighted by atomic mass is 9.95. The summed E-state index contributed by atoms with van der Waals surface area (Å²) in [6, 6.07) is 7.61. The van der Waals surface area contributed by atoms with E-state index in [4.69, 9.17) is 10.5 Å². The summed E-state index contributed by atoms with van der Waals surface area (Å²) >= 11 is 2.78. The van der Waals surface area contributed by atoms with Crippen LogP contribution < -0.4 is 15.8 Å². The summed E-state index contributed by atoms with van der Waals surface area (Å²) in [5.74, 6) is 0.977. The van der Waals surface area contributed by atoms with Crippen LogP contribution in [-0.2, 0) is 24.2 Å². The van der Waals surface area contributed by atoms with Gasteiger partial charge in [0.1, 0.15) is 10.8 Å². The Morgan fingerprint density at radius 3 is 2.66 bits per heavy atom. The van der Waals surface area contributed by atoms with Crippen LogP contribution in [0.15, 0.2) is 29.4 Å². The normalized spacial score (nSPS) is 12.9. The minimum atomic E-state index is -0.484. The number of aromatic nitrogens is 3. The highest BCUT2D eigenvalue weighted by Gasteiger charge is 2.25. The van der Waals surface area contributed by atoms with Crippen molar-refractivity contribution in [2.24, 2.45) is 5.73 Å². The molecule has 1 aliphatic rings. The molecule has 0 atom stereocenters. The van der Waals surface area contributed by atoms with Gasteiger partial charge in [-0.15, -0.1) is 21.5 Å². The van der Waals surface area contributed by atoms with Crippen molar-refractivity contribution in [3.8, 4) is 17.1 Å². The summed E-state index contributed by atoms with van der Waals surface area (Å²) in [6.45, 7) is 2.68. The number of benzene rings is 1. The number of methoxy groups -OCH3 is 1. The van der Waals surface area contributed by atoms with Crippen LogP contribution >= 0.6 is 23.1 Å². The number of nitrogens with zero attached hydrogens (tertiary/aromatic N) is 3. The topological polar surface area (TPSA) is 112 Å². The molecule has 0 unspecified atom stereocenters. The largest absolute Gasteiger partial charge is 0.497 e. The van der Waals surface area contributed by atoms with E-state index in [2.05, 4.69) is 15.5 Å². The van der Waals surface area contributed by atoms with Gasteiger partial charge >= 0.3 is 0 Å². The first-order chi connectivity index (χ1) is 15.5. The van der Waals surface area contributed by atoms with Gasteiger partial charge in [0, 0.05) is 17.0 Å². The molecule has 1 aromatic carbocycles. The summed E-state index contributed by atoms with van der Waals surface area (Å²) in [5.41, 5.74) is 8.02. The second-order valence-electron chi connectivity index (χ2n) is 7.40. The standard InChI is InChI=1S/C22H25N5O3S2/c1-3-27-20(13-8-10-14(30-2)11-9-13)25-26-22(27)31-12-17(28)24-21-18(19(23)29)15-6-4-5-7-16(15)32-21/h8-11H,3-7,12H2,1-2H3,(H2,23,29)(H,24,28). The molecule has 0 bridgehead atoms. The van der Waals surface area contributed by atoms with Crippen molar-refractivity contribution in [3.05, 3.63) is 40.3 Å². The van der Waals surface area contributed by atoms with Crippen LogP contribution in [0.2, 0.25) is 0 Å². The second-order valence-corrected chi connectivity index (χ2v) is 9.44. The van der Waals surface area contributed by atoms with E-state index >= 15 is 0 Å². The number of rotatable bonds is 8. The summed E-state index contributed by atoms with van der Waals surface area (Å²) in [4.78, 5) is 25.8. The number of primary amides is 1. The number of ether oxygens (including phenoxy) is 1. The van der Waals surface area contributed by atoms with Crippen LogP contribution in [-0.4, -0.2) is 39.4 Å². The van der Waals surface area contributed by atoms with Gasteiger partial charge in [0.05, 0.1) is 18.4 Å². The summed E-state index contributed by atoms with van der Waals surface area (Å²) in [7, 11) is 1.63.